The fourth-order valence-electron chi connectivity index (χ4n) is 3.05. The van der Waals surface area contributed by atoms with Gasteiger partial charge in [0.05, 0.1) is 16.3 Å². The van der Waals surface area contributed by atoms with E-state index in [0.717, 1.165) is 0 Å². The third-order valence-corrected chi connectivity index (χ3v) is 5.82. The van der Waals surface area contributed by atoms with Gasteiger partial charge in [0.15, 0.2) is 0 Å². The molecule has 11 heteroatoms. The van der Waals surface area contributed by atoms with Crippen molar-refractivity contribution in [3.8, 4) is 0 Å². The molecule has 2 aromatic heterocycles. The number of nitrogens with zero attached hydrogens (tertiary/aromatic N) is 3. The van der Waals surface area contributed by atoms with E-state index >= 15 is 0 Å². The van der Waals surface area contributed by atoms with Crippen molar-refractivity contribution in [2.24, 2.45) is 11.1 Å². The van der Waals surface area contributed by atoms with Gasteiger partial charge in [-0.2, -0.15) is 0 Å². The van der Waals surface area contributed by atoms with Crippen LogP contribution in [0.5, 0.6) is 0 Å². The Labute approximate surface area is 174 Å². The lowest BCUT2D eigenvalue weighted by molar-refractivity contribution is -0.0652. The lowest BCUT2D eigenvalue weighted by Crippen LogP contribution is -2.46. The van der Waals surface area contributed by atoms with Crippen LogP contribution >= 0.6 is 11.6 Å². The monoisotopic (exact) mass is 443 g/mol. The van der Waals surface area contributed by atoms with E-state index in [9.17, 15) is 17.8 Å². The summed E-state index contributed by atoms with van der Waals surface area (Å²) in [4.78, 5) is 22.9. The summed E-state index contributed by atoms with van der Waals surface area (Å²) in [6.07, 6.45) is 1.04. The molecule has 0 radical (unpaired) electrons. The Hall–Kier alpha value is -2.17. The molecule has 0 bridgehead atoms. The van der Waals surface area contributed by atoms with Crippen LogP contribution in [-0.4, -0.2) is 39.1 Å². The van der Waals surface area contributed by atoms with Crippen LogP contribution in [0.25, 0.3) is 0 Å². The lowest BCUT2D eigenvalue weighted by Gasteiger charge is -2.38. The standard InChI is InChI=1S/C18H20ClF2N5O2S/c1-10-9-26(6-4-18(10,20)21)16-13(8-14(19)11(2)24-16)17(27)25-12-3-5-23-15(7-12)29(22)28/h3,5,7-8,10H,4,6,9,22H2,1-2H3,(H,23,25,27). The van der Waals surface area contributed by atoms with Crippen molar-refractivity contribution >= 4 is 40.0 Å². The van der Waals surface area contributed by atoms with Gasteiger partial charge in [-0.1, -0.05) is 18.5 Å². The predicted molar refractivity (Wildman–Crippen MR) is 108 cm³/mol. The SMILES string of the molecule is Cc1nc(N2CCC(F)(F)C(C)C2)c(C(=O)Nc2ccnc(S(N)=O)c2)cc1Cl. The Kier molecular flexibility index (Phi) is 6.16. The largest absolute Gasteiger partial charge is 0.355 e. The maximum Gasteiger partial charge on any atom is 0.259 e. The molecule has 2 atom stereocenters. The molecule has 7 nitrogen and oxygen atoms in total. The van der Waals surface area contributed by atoms with Crippen molar-refractivity contribution in [2.45, 2.75) is 31.2 Å². The summed E-state index contributed by atoms with van der Waals surface area (Å²) < 4.78 is 39.2. The van der Waals surface area contributed by atoms with Gasteiger partial charge in [-0.15, -0.1) is 0 Å². The van der Waals surface area contributed by atoms with E-state index in [4.69, 9.17) is 16.7 Å². The molecule has 3 N–H and O–H groups in total. The molecule has 1 amide bonds. The highest BCUT2D eigenvalue weighted by molar-refractivity contribution is 7.82. The number of hydrogen-bond donors (Lipinski definition) is 2. The minimum Gasteiger partial charge on any atom is -0.355 e. The molecular formula is C18H20ClF2N5O2S. The first kappa shape index (κ1) is 21.5. The molecule has 29 heavy (non-hydrogen) atoms. The van der Waals surface area contributed by atoms with Crippen LogP contribution in [0.4, 0.5) is 20.3 Å². The predicted octanol–water partition coefficient (Wildman–Crippen LogP) is 3.15. The van der Waals surface area contributed by atoms with Gasteiger partial charge in [-0.3, -0.25) is 4.79 Å². The number of amides is 1. The van der Waals surface area contributed by atoms with Crippen LogP contribution in [0.15, 0.2) is 29.4 Å². The third kappa shape index (κ3) is 4.71. The fourth-order valence-corrected chi connectivity index (χ4v) is 3.61. The molecule has 3 rings (SSSR count). The van der Waals surface area contributed by atoms with Crippen molar-refractivity contribution in [3.63, 3.8) is 0 Å². The third-order valence-electron chi connectivity index (χ3n) is 4.80. The highest BCUT2D eigenvalue weighted by Gasteiger charge is 2.42. The van der Waals surface area contributed by atoms with E-state index in [1.807, 2.05) is 0 Å². The highest BCUT2D eigenvalue weighted by Crippen LogP contribution is 2.36. The molecule has 1 aliphatic rings. The number of alkyl halides is 2. The van der Waals surface area contributed by atoms with Crippen molar-refractivity contribution in [1.82, 2.24) is 9.97 Å². The zero-order valence-electron chi connectivity index (χ0n) is 15.8. The number of aromatic nitrogens is 2. The van der Waals surface area contributed by atoms with Gasteiger partial charge >= 0.3 is 0 Å². The summed E-state index contributed by atoms with van der Waals surface area (Å²) in [5, 5.41) is 8.38. The highest BCUT2D eigenvalue weighted by atomic mass is 35.5. The van der Waals surface area contributed by atoms with Gasteiger partial charge in [0, 0.05) is 37.3 Å². The molecular weight excluding hydrogens is 424 g/mol. The number of aryl methyl sites for hydroxylation is 1. The number of anilines is 2. The molecule has 1 saturated heterocycles. The summed E-state index contributed by atoms with van der Waals surface area (Å²) in [6.45, 7) is 3.28. The second-order valence-corrected chi connectivity index (χ2v) is 8.34. The van der Waals surface area contributed by atoms with Crippen LogP contribution in [0.3, 0.4) is 0 Å². The molecule has 0 aliphatic carbocycles. The second-order valence-electron chi connectivity index (χ2n) is 6.92. The van der Waals surface area contributed by atoms with Crippen LogP contribution < -0.4 is 15.4 Å². The van der Waals surface area contributed by atoms with Crippen LogP contribution in [0.2, 0.25) is 5.02 Å². The molecule has 0 aromatic carbocycles. The lowest BCUT2D eigenvalue weighted by atomic mass is 9.95. The summed E-state index contributed by atoms with van der Waals surface area (Å²) in [5.74, 6) is -3.87. The Morgan fingerprint density at radius 2 is 2.17 bits per heavy atom. The first-order chi connectivity index (χ1) is 13.6. The zero-order valence-corrected chi connectivity index (χ0v) is 17.4. The average Bonchev–Trinajstić information content (AvgIpc) is 2.66. The van der Waals surface area contributed by atoms with E-state index < -0.39 is 28.7 Å². The van der Waals surface area contributed by atoms with E-state index in [2.05, 4.69) is 15.3 Å². The Morgan fingerprint density at radius 3 is 2.83 bits per heavy atom. The summed E-state index contributed by atoms with van der Waals surface area (Å²) in [7, 11) is -1.80. The molecule has 0 saturated carbocycles. The summed E-state index contributed by atoms with van der Waals surface area (Å²) in [6, 6.07) is 4.37. The van der Waals surface area contributed by atoms with E-state index in [1.165, 1.54) is 31.3 Å². The normalized spacial score (nSPS) is 19.7. The maximum atomic E-state index is 13.9. The van der Waals surface area contributed by atoms with Crippen LogP contribution in [0, 0.1) is 12.8 Å². The van der Waals surface area contributed by atoms with E-state index in [-0.39, 0.29) is 35.1 Å². The van der Waals surface area contributed by atoms with Crippen molar-refractivity contribution in [3.05, 3.63) is 40.7 Å². The first-order valence-electron chi connectivity index (χ1n) is 8.82. The smallest absolute Gasteiger partial charge is 0.259 e. The number of carbonyl (C=O) groups is 1. The molecule has 2 aromatic rings. The van der Waals surface area contributed by atoms with Crippen LogP contribution in [-0.2, 0) is 11.0 Å². The fraction of sp³-hybridized carbons (Fsp3) is 0.389. The Bertz CT molecular complexity index is 975. The molecule has 1 aliphatic heterocycles. The quantitative estimate of drug-likeness (QED) is 0.755. The Morgan fingerprint density at radius 1 is 1.45 bits per heavy atom. The molecule has 1 fully saturated rings. The number of pyridine rings is 2. The minimum atomic E-state index is -2.76. The molecule has 156 valence electrons. The molecule has 2 unspecified atom stereocenters. The van der Waals surface area contributed by atoms with Crippen LogP contribution in [0.1, 0.15) is 29.4 Å². The van der Waals surface area contributed by atoms with E-state index in [0.29, 0.717) is 17.2 Å². The number of nitrogens with two attached hydrogens (primary N) is 1. The number of hydrogen-bond acceptors (Lipinski definition) is 5. The maximum absolute atomic E-state index is 13.9. The Balaban J connectivity index is 1.92. The van der Waals surface area contributed by atoms with Crippen molar-refractivity contribution < 1.29 is 17.8 Å². The van der Waals surface area contributed by atoms with Gasteiger partial charge in [0.1, 0.15) is 21.8 Å². The zero-order chi connectivity index (χ0) is 21.3. The summed E-state index contributed by atoms with van der Waals surface area (Å²) in [5.41, 5.74) is 0.984. The number of piperidine rings is 1. The molecule has 0 spiro atoms. The van der Waals surface area contributed by atoms with Crippen molar-refractivity contribution in [1.29, 1.82) is 0 Å². The van der Waals surface area contributed by atoms with Gasteiger partial charge < -0.3 is 10.2 Å². The molecule has 3 heterocycles. The number of carbonyl (C=O) groups excluding carboxylic acids is 1. The van der Waals surface area contributed by atoms with Gasteiger partial charge in [-0.05, 0) is 25.1 Å². The average molecular weight is 444 g/mol. The summed E-state index contributed by atoms with van der Waals surface area (Å²) >= 11 is 6.16. The van der Waals surface area contributed by atoms with Crippen molar-refractivity contribution in [2.75, 3.05) is 23.3 Å². The number of halogens is 3. The number of rotatable bonds is 4. The van der Waals surface area contributed by atoms with E-state index in [1.54, 1.807) is 11.8 Å². The first-order valence-corrected chi connectivity index (χ1v) is 10.4. The van der Waals surface area contributed by atoms with Gasteiger partial charge in [-0.25, -0.2) is 28.1 Å². The van der Waals surface area contributed by atoms with Gasteiger partial charge in [0.2, 0.25) is 0 Å². The minimum absolute atomic E-state index is 0.0624. The topological polar surface area (TPSA) is 101 Å². The number of nitrogens with one attached hydrogen (secondary N) is 1. The second kappa shape index (κ2) is 8.29. The van der Waals surface area contributed by atoms with Gasteiger partial charge in [0.25, 0.3) is 11.8 Å².